The molecule has 6 rings (SSSR count). The molecule has 5 heteroatoms. The Balaban J connectivity index is 1.15. The summed E-state index contributed by atoms with van der Waals surface area (Å²) >= 11 is 0. The van der Waals surface area contributed by atoms with Crippen LogP contribution in [0.5, 0.6) is 0 Å². The monoisotopic (exact) mass is 452 g/mol. The molecule has 2 unspecified atom stereocenters. The molecule has 2 aliphatic heterocycles. The summed E-state index contributed by atoms with van der Waals surface area (Å²) < 4.78 is 5.95. The van der Waals surface area contributed by atoms with E-state index in [1.54, 1.807) is 12.3 Å². The van der Waals surface area contributed by atoms with Crippen LogP contribution in [0.4, 0.5) is 4.79 Å². The normalized spacial score (nSPS) is 22.9. The number of pyridine rings is 1. The Morgan fingerprint density at radius 1 is 0.941 bits per heavy atom. The summed E-state index contributed by atoms with van der Waals surface area (Å²) in [6, 6.07) is 20.6. The van der Waals surface area contributed by atoms with Gasteiger partial charge in [-0.15, -0.1) is 0 Å². The Labute approximate surface area is 199 Å². The lowest BCUT2D eigenvalue weighted by atomic mass is 9.85. The molecule has 2 fully saturated rings. The molecule has 172 valence electrons. The smallest absolute Gasteiger partial charge is 0.410 e. The fraction of sp³-hybridized carbons (Fsp3) is 0.345. The Bertz CT molecular complexity index is 1210. The number of Topliss-reactive ketones (excluding diaryl/α,β-unsaturated/α-hetero) is 1. The molecule has 0 N–H and O–H groups in total. The van der Waals surface area contributed by atoms with E-state index in [4.69, 9.17) is 4.74 Å². The predicted octanol–water partition coefficient (Wildman–Crippen LogP) is 5.76. The van der Waals surface area contributed by atoms with Crippen molar-refractivity contribution in [2.75, 3.05) is 6.61 Å². The molecule has 0 spiro atoms. The third-order valence-corrected chi connectivity index (χ3v) is 7.83. The fourth-order valence-electron chi connectivity index (χ4n) is 6.29. The quantitative estimate of drug-likeness (QED) is 0.472. The maximum absolute atomic E-state index is 13.2. The van der Waals surface area contributed by atoms with Crippen LogP contribution in [-0.4, -0.2) is 40.5 Å². The first kappa shape index (κ1) is 21.1. The topological polar surface area (TPSA) is 59.5 Å². The van der Waals surface area contributed by atoms with Crippen molar-refractivity contribution >= 4 is 11.9 Å². The molecule has 2 saturated heterocycles. The summed E-state index contributed by atoms with van der Waals surface area (Å²) in [5, 5.41) is 0. The average molecular weight is 453 g/mol. The molecule has 0 radical (unpaired) electrons. The molecule has 1 aliphatic carbocycles. The molecule has 3 aromatic rings. The van der Waals surface area contributed by atoms with Gasteiger partial charge in [0, 0.05) is 41.4 Å². The van der Waals surface area contributed by atoms with E-state index in [0.29, 0.717) is 19.4 Å². The third-order valence-electron chi connectivity index (χ3n) is 7.83. The zero-order valence-corrected chi connectivity index (χ0v) is 19.3. The largest absolute Gasteiger partial charge is 0.448 e. The number of aromatic nitrogens is 1. The second-order valence-electron chi connectivity index (χ2n) is 9.81. The van der Waals surface area contributed by atoms with Gasteiger partial charge in [-0.2, -0.15) is 0 Å². The summed E-state index contributed by atoms with van der Waals surface area (Å²) in [5.74, 6) is 0.189. The first-order valence-electron chi connectivity index (χ1n) is 12.2. The number of carbonyl (C=O) groups is 2. The minimum Gasteiger partial charge on any atom is -0.448 e. The molecule has 0 saturated carbocycles. The number of benzene rings is 2. The highest BCUT2D eigenvalue weighted by atomic mass is 16.6. The van der Waals surface area contributed by atoms with Crippen molar-refractivity contribution in [2.45, 2.75) is 50.6 Å². The van der Waals surface area contributed by atoms with E-state index in [2.05, 4.69) is 41.4 Å². The van der Waals surface area contributed by atoms with Crippen LogP contribution < -0.4 is 0 Å². The van der Waals surface area contributed by atoms with Gasteiger partial charge in [-0.3, -0.25) is 9.78 Å². The average Bonchev–Trinajstić information content (AvgIpc) is 3.32. The van der Waals surface area contributed by atoms with Crippen molar-refractivity contribution in [3.05, 3.63) is 89.2 Å². The molecule has 1 amide bonds. The van der Waals surface area contributed by atoms with Crippen molar-refractivity contribution in [2.24, 2.45) is 5.92 Å². The number of amides is 1. The van der Waals surface area contributed by atoms with Crippen LogP contribution in [-0.2, 0) is 4.74 Å². The van der Waals surface area contributed by atoms with Gasteiger partial charge in [0.1, 0.15) is 6.61 Å². The van der Waals surface area contributed by atoms with Crippen molar-refractivity contribution in [1.82, 2.24) is 9.88 Å². The number of hydrogen-bond donors (Lipinski definition) is 0. The van der Waals surface area contributed by atoms with Gasteiger partial charge in [-0.05, 0) is 67.0 Å². The molecule has 5 nitrogen and oxygen atoms in total. The Hall–Kier alpha value is -3.47. The minimum atomic E-state index is -0.236. The highest BCUT2D eigenvalue weighted by Gasteiger charge is 2.46. The predicted molar refractivity (Wildman–Crippen MR) is 130 cm³/mol. The number of nitrogens with zero attached hydrogens (tertiary/aromatic N) is 2. The minimum absolute atomic E-state index is 0.0445. The number of carbonyl (C=O) groups excluding carboxylic acids is 2. The lowest BCUT2D eigenvalue weighted by Crippen LogP contribution is -2.48. The Kier molecular flexibility index (Phi) is 5.20. The number of rotatable bonds is 4. The molecule has 3 aliphatic rings. The summed E-state index contributed by atoms with van der Waals surface area (Å²) in [4.78, 5) is 32.5. The van der Waals surface area contributed by atoms with Gasteiger partial charge < -0.3 is 9.64 Å². The van der Waals surface area contributed by atoms with Crippen molar-refractivity contribution in [3.63, 3.8) is 0 Å². The van der Waals surface area contributed by atoms with Crippen LogP contribution in [0, 0.1) is 12.8 Å². The highest BCUT2D eigenvalue weighted by Crippen LogP contribution is 2.45. The molecule has 1 aromatic heterocycles. The molecule has 2 aromatic carbocycles. The van der Waals surface area contributed by atoms with Gasteiger partial charge in [0.2, 0.25) is 0 Å². The number of aryl methyl sites for hydroxylation is 1. The summed E-state index contributed by atoms with van der Waals surface area (Å²) in [6.45, 7) is 2.24. The molecule has 3 heterocycles. The lowest BCUT2D eigenvalue weighted by Gasteiger charge is -2.37. The van der Waals surface area contributed by atoms with Gasteiger partial charge >= 0.3 is 6.09 Å². The second kappa shape index (κ2) is 8.39. The molecule has 2 atom stereocenters. The van der Waals surface area contributed by atoms with E-state index >= 15 is 0 Å². The second-order valence-corrected chi connectivity index (χ2v) is 9.81. The maximum Gasteiger partial charge on any atom is 0.410 e. The summed E-state index contributed by atoms with van der Waals surface area (Å²) in [6.07, 6.45) is 4.76. The molecular weight excluding hydrogens is 424 g/mol. The lowest BCUT2D eigenvalue weighted by molar-refractivity contribution is 0.0506. The molecule has 34 heavy (non-hydrogen) atoms. The first-order chi connectivity index (χ1) is 16.6. The van der Waals surface area contributed by atoms with Crippen LogP contribution in [0.25, 0.3) is 11.1 Å². The van der Waals surface area contributed by atoms with Crippen LogP contribution in [0.3, 0.4) is 0 Å². The summed E-state index contributed by atoms with van der Waals surface area (Å²) in [5.41, 5.74) is 6.47. The number of hydrogen-bond acceptors (Lipinski definition) is 4. The van der Waals surface area contributed by atoms with Gasteiger partial charge in [-0.1, -0.05) is 48.5 Å². The number of piperidine rings is 1. The number of ether oxygens (including phenoxy) is 1. The SMILES string of the molecule is Cc1cc(C(=O)C2CC3CCC(C2)N3C(=O)OCC2c3ccccc3-c3ccccc32)ccn1. The van der Waals surface area contributed by atoms with E-state index in [1.807, 2.05) is 30.0 Å². The van der Waals surface area contributed by atoms with Crippen LogP contribution in [0.15, 0.2) is 66.9 Å². The zero-order valence-electron chi connectivity index (χ0n) is 19.3. The van der Waals surface area contributed by atoms with Crippen molar-refractivity contribution < 1.29 is 14.3 Å². The molecular formula is C29H28N2O3. The van der Waals surface area contributed by atoms with E-state index in [9.17, 15) is 9.59 Å². The summed E-state index contributed by atoms with van der Waals surface area (Å²) in [7, 11) is 0. The highest BCUT2D eigenvalue weighted by molar-refractivity contribution is 5.98. The Morgan fingerprint density at radius 3 is 2.18 bits per heavy atom. The first-order valence-corrected chi connectivity index (χ1v) is 12.2. The molecule has 2 bridgehead atoms. The fourth-order valence-corrected chi connectivity index (χ4v) is 6.29. The van der Waals surface area contributed by atoms with Gasteiger partial charge in [0.25, 0.3) is 0 Å². The van der Waals surface area contributed by atoms with Crippen LogP contribution in [0.2, 0.25) is 0 Å². The van der Waals surface area contributed by atoms with E-state index in [-0.39, 0.29) is 35.8 Å². The van der Waals surface area contributed by atoms with E-state index < -0.39 is 0 Å². The van der Waals surface area contributed by atoms with E-state index in [1.165, 1.54) is 22.3 Å². The number of ketones is 1. The van der Waals surface area contributed by atoms with Gasteiger partial charge in [-0.25, -0.2) is 4.79 Å². The maximum atomic E-state index is 13.2. The zero-order chi connectivity index (χ0) is 23.2. The Morgan fingerprint density at radius 2 is 1.56 bits per heavy atom. The van der Waals surface area contributed by atoms with Crippen LogP contribution >= 0.6 is 0 Å². The van der Waals surface area contributed by atoms with Gasteiger partial charge in [0.15, 0.2) is 5.78 Å². The van der Waals surface area contributed by atoms with Crippen LogP contribution in [0.1, 0.15) is 58.8 Å². The standard InChI is InChI=1S/C29H28N2O3/c1-18-14-19(12-13-30-18)28(32)20-15-21-10-11-22(16-20)31(21)29(33)34-17-27-25-8-4-2-6-23(25)24-7-3-5-9-26(24)27/h2-9,12-14,20-22,27H,10-11,15-17H2,1H3. The van der Waals surface area contributed by atoms with Gasteiger partial charge in [0.05, 0.1) is 0 Å². The van der Waals surface area contributed by atoms with Crippen molar-refractivity contribution in [1.29, 1.82) is 0 Å². The third kappa shape index (κ3) is 3.51. The van der Waals surface area contributed by atoms with Crippen molar-refractivity contribution in [3.8, 4) is 11.1 Å². The van der Waals surface area contributed by atoms with E-state index in [0.717, 1.165) is 24.1 Å². The number of fused-ring (bicyclic) bond motifs is 5.